The Kier molecular flexibility index (Phi) is 5.76. The zero-order valence-electron chi connectivity index (χ0n) is 10.3. The number of amides is 1. The van der Waals surface area contributed by atoms with Crippen molar-refractivity contribution in [1.82, 2.24) is 5.32 Å². The van der Waals surface area contributed by atoms with Crippen molar-refractivity contribution < 1.29 is 9.53 Å². The highest BCUT2D eigenvalue weighted by Gasteiger charge is 2.32. The summed E-state index contributed by atoms with van der Waals surface area (Å²) in [6.07, 6.45) is 1.90. The molecule has 94 valence electrons. The molecule has 0 aliphatic carbocycles. The fraction of sp³-hybridized carbons (Fsp3) is 0.917. The van der Waals surface area contributed by atoms with Crippen molar-refractivity contribution in [3.05, 3.63) is 0 Å². The third-order valence-electron chi connectivity index (χ3n) is 3.14. The van der Waals surface area contributed by atoms with Crippen LogP contribution in [0.1, 0.15) is 33.6 Å². The van der Waals surface area contributed by atoms with Gasteiger partial charge >= 0.3 is 0 Å². The van der Waals surface area contributed by atoms with E-state index < -0.39 is 0 Å². The summed E-state index contributed by atoms with van der Waals surface area (Å²) < 4.78 is 5.52. The van der Waals surface area contributed by atoms with Crippen molar-refractivity contribution in [2.75, 3.05) is 13.2 Å². The van der Waals surface area contributed by atoms with E-state index >= 15 is 0 Å². The van der Waals surface area contributed by atoms with Crippen LogP contribution in [0.2, 0.25) is 0 Å². The molecule has 3 unspecified atom stereocenters. The number of carbonyl (C=O) groups excluding carboxylic acids is 1. The Labute approximate surface area is 106 Å². The van der Waals surface area contributed by atoms with Crippen molar-refractivity contribution in [3.8, 4) is 0 Å². The fourth-order valence-electron chi connectivity index (χ4n) is 1.92. The second kappa shape index (κ2) is 6.60. The van der Waals surface area contributed by atoms with Gasteiger partial charge in [0.2, 0.25) is 5.91 Å². The van der Waals surface area contributed by atoms with Crippen LogP contribution in [0, 0.1) is 11.8 Å². The highest BCUT2D eigenvalue weighted by Crippen LogP contribution is 2.23. The molecule has 1 heterocycles. The van der Waals surface area contributed by atoms with Gasteiger partial charge in [0.25, 0.3) is 0 Å². The lowest BCUT2D eigenvalue weighted by Gasteiger charge is -2.19. The lowest BCUT2D eigenvalue weighted by Crippen LogP contribution is -2.38. The van der Waals surface area contributed by atoms with Crippen molar-refractivity contribution >= 4 is 21.8 Å². The van der Waals surface area contributed by atoms with Crippen molar-refractivity contribution in [2.24, 2.45) is 11.8 Å². The normalized spacial score (nSPS) is 27.1. The first-order chi connectivity index (χ1) is 7.56. The Morgan fingerprint density at radius 1 is 1.56 bits per heavy atom. The number of alkyl halides is 1. The van der Waals surface area contributed by atoms with E-state index in [1.807, 2.05) is 0 Å². The Hall–Kier alpha value is -0.0900. The lowest BCUT2D eigenvalue weighted by atomic mass is 9.98. The van der Waals surface area contributed by atoms with E-state index in [2.05, 4.69) is 42.0 Å². The fourth-order valence-corrected chi connectivity index (χ4v) is 2.08. The second-order valence-electron chi connectivity index (χ2n) is 4.72. The molecule has 0 aromatic carbocycles. The van der Waals surface area contributed by atoms with Crippen molar-refractivity contribution in [3.63, 3.8) is 0 Å². The molecule has 0 radical (unpaired) electrons. The zero-order chi connectivity index (χ0) is 12.1. The largest absolute Gasteiger partial charge is 0.377 e. The second-order valence-corrected chi connectivity index (χ2v) is 5.89. The van der Waals surface area contributed by atoms with Gasteiger partial charge in [0.1, 0.15) is 0 Å². The van der Waals surface area contributed by atoms with E-state index in [-0.39, 0.29) is 17.9 Å². The molecular formula is C12H22BrNO2. The highest BCUT2D eigenvalue weighted by atomic mass is 79.9. The van der Waals surface area contributed by atoms with Gasteiger partial charge in [-0.05, 0) is 18.8 Å². The first-order valence-electron chi connectivity index (χ1n) is 6.09. The van der Waals surface area contributed by atoms with Crippen LogP contribution in [-0.2, 0) is 9.53 Å². The maximum absolute atomic E-state index is 11.9. The van der Waals surface area contributed by atoms with Crippen LogP contribution >= 0.6 is 15.9 Å². The third-order valence-corrected chi connectivity index (χ3v) is 4.52. The summed E-state index contributed by atoms with van der Waals surface area (Å²) in [6.45, 7) is 7.76. The molecule has 1 saturated heterocycles. The van der Waals surface area contributed by atoms with Gasteiger partial charge in [-0.1, -0.05) is 36.7 Å². The minimum Gasteiger partial charge on any atom is -0.377 e. The predicted octanol–water partition coefficient (Wildman–Crippen LogP) is 2.34. The molecule has 3 atom stereocenters. The standard InChI is InChI=1S/C12H22BrNO2/c1-4-11-9(5-6-16-11)12(15)14-7-10(13)8(2)3/h8-11H,4-7H2,1-3H3,(H,14,15). The van der Waals surface area contributed by atoms with Gasteiger partial charge in [-0.2, -0.15) is 0 Å². The van der Waals surface area contributed by atoms with Gasteiger partial charge in [0, 0.05) is 18.0 Å². The molecule has 1 fully saturated rings. The van der Waals surface area contributed by atoms with Crippen LogP contribution in [0.25, 0.3) is 0 Å². The monoisotopic (exact) mass is 291 g/mol. The van der Waals surface area contributed by atoms with Gasteiger partial charge in [-0.25, -0.2) is 0 Å². The van der Waals surface area contributed by atoms with E-state index in [4.69, 9.17) is 4.74 Å². The van der Waals surface area contributed by atoms with Crippen LogP contribution < -0.4 is 5.32 Å². The number of ether oxygens (including phenoxy) is 1. The first kappa shape index (κ1) is 14.0. The summed E-state index contributed by atoms with van der Waals surface area (Å²) >= 11 is 3.57. The zero-order valence-corrected chi connectivity index (χ0v) is 11.9. The number of carbonyl (C=O) groups is 1. The van der Waals surface area contributed by atoms with Gasteiger partial charge in [0.05, 0.1) is 12.0 Å². The molecule has 1 amide bonds. The Morgan fingerprint density at radius 3 is 2.81 bits per heavy atom. The van der Waals surface area contributed by atoms with Crippen LogP contribution in [0.3, 0.4) is 0 Å². The molecule has 16 heavy (non-hydrogen) atoms. The molecule has 3 nitrogen and oxygen atoms in total. The third kappa shape index (κ3) is 3.74. The summed E-state index contributed by atoms with van der Waals surface area (Å²) in [5.74, 6) is 0.730. The van der Waals surface area contributed by atoms with E-state index in [0.29, 0.717) is 17.3 Å². The molecule has 1 aliphatic heterocycles. The van der Waals surface area contributed by atoms with Gasteiger partial charge < -0.3 is 10.1 Å². The molecule has 0 bridgehead atoms. The molecule has 0 spiro atoms. The summed E-state index contributed by atoms with van der Waals surface area (Å²) in [7, 11) is 0. The number of rotatable bonds is 5. The van der Waals surface area contributed by atoms with E-state index in [1.54, 1.807) is 0 Å². The molecule has 0 aromatic rings. The minimum absolute atomic E-state index is 0.0527. The first-order valence-corrected chi connectivity index (χ1v) is 7.01. The van der Waals surface area contributed by atoms with Gasteiger partial charge in [0.15, 0.2) is 0 Å². The average Bonchev–Trinajstić information content (AvgIpc) is 2.73. The SMILES string of the molecule is CCC1OCCC1C(=O)NCC(Br)C(C)C. The molecule has 1 aliphatic rings. The smallest absolute Gasteiger partial charge is 0.225 e. The predicted molar refractivity (Wildman–Crippen MR) is 68.7 cm³/mol. The number of nitrogens with one attached hydrogen (secondary N) is 1. The molecule has 1 rings (SSSR count). The maximum atomic E-state index is 11.9. The van der Waals surface area contributed by atoms with Crippen LogP contribution in [-0.4, -0.2) is 30.0 Å². The van der Waals surface area contributed by atoms with Crippen molar-refractivity contribution in [1.29, 1.82) is 0 Å². The molecule has 0 aromatic heterocycles. The highest BCUT2D eigenvalue weighted by molar-refractivity contribution is 9.09. The topological polar surface area (TPSA) is 38.3 Å². The Bertz CT molecular complexity index is 233. The van der Waals surface area contributed by atoms with E-state index in [0.717, 1.165) is 19.4 Å². The molecular weight excluding hydrogens is 270 g/mol. The Morgan fingerprint density at radius 2 is 2.25 bits per heavy atom. The average molecular weight is 292 g/mol. The Balaban J connectivity index is 2.34. The van der Waals surface area contributed by atoms with Crippen LogP contribution in [0.15, 0.2) is 0 Å². The summed E-state index contributed by atoms with van der Waals surface area (Å²) in [6, 6.07) is 0. The number of hydrogen-bond acceptors (Lipinski definition) is 2. The summed E-state index contributed by atoms with van der Waals surface area (Å²) in [5.41, 5.74) is 0. The van der Waals surface area contributed by atoms with E-state index in [1.165, 1.54) is 0 Å². The maximum Gasteiger partial charge on any atom is 0.225 e. The van der Waals surface area contributed by atoms with Gasteiger partial charge in [-0.3, -0.25) is 4.79 Å². The molecule has 0 saturated carbocycles. The number of halogens is 1. The summed E-state index contributed by atoms with van der Waals surface area (Å²) in [5, 5.41) is 3.00. The lowest BCUT2D eigenvalue weighted by molar-refractivity contribution is -0.126. The van der Waals surface area contributed by atoms with Crippen molar-refractivity contribution in [2.45, 2.75) is 44.5 Å². The van der Waals surface area contributed by atoms with Crippen LogP contribution in [0.5, 0.6) is 0 Å². The minimum atomic E-state index is 0.0527. The summed E-state index contributed by atoms with van der Waals surface area (Å²) in [4.78, 5) is 12.3. The van der Waals surface area contributed by atoms with E-state index in [9.17, 15) is 4.79 Å². The van der Waals surface area contributed by atoms with Gasteiger partial charge in [-0.15, -0.1) is 0 Å². The quantitative estimate of drug-likeness (QED) is 0.790. The molecule has 4 heteroatoms. The number of hydrogen-bond donors (Lipinski definition) is 1. The van der Waals surface area contributed by atoms with Crippen LogP contribution in [0.4, 0.5) is 0 Å². The molecule has 1 N–H and O–H groups in total.